The highest BCUT2D eigenvalue weighted by atomic mass is 16.6. The van der Waals surface area contributed by atoms with Crippen LogP contribution >= 0.6 is 0 Å². The minimum Gasteiger partial charge on any atom is -0.458 e. The zero-order valence-corrected chi connectivity index (χ0v) is 11.5. The van der Waals surface area contributed by atoms with E-state index >= 15 is 0 Å². The fourth-order valence-electron chi connectivity index (χ4n) is 2.14. The summed E-state index contributed by atoms with van der Waals surface area (Å²) < 4.78 is 5.41. The number of β-lactam (4-membered cyclic amide) rings is 1. The fourth-order valence-corrected chi connectivity index (χ4v) is 2.14. The molecule has 1 aliphatic heterocycles. The molecule has 0 aliphatic carbocycles. The third kappa shape index (κ3) is 3.13. The van der Waals surface area contributed by atoms with Crippen LogP contribution in [0.15, 0.2) is 30.3 Å². The average Bonchev–Trinajstić information content (AvgIpc) is 2.25. The SMILES string of the molecule is CC(C)(C)OC(=O)C1(Cc2ccccc2)CC(=O)N1. The molecular weight excluding hydrogens is 242 g/mol. The smallest absolute Gasteiger partial charge is 0.333 e. The summed E-state index contributed by atoms with van der Waals surface area (Å²) in [5.74, 6) is -0.467. The van der Waals surface area contributed by atoms with Gasteiger partial charge in [-0.25, -0.2) is 4.79 Å². The van der Waals surface area contributed by atoms with Gasteiger partial charge in [-0.15, -0.1) is 0 Å². The van der Waals surface area contributed by atoms with Crippen molar-refractivity contribution in [3.05, 3.63) is 35.9 Å². The predicted molar refractivity (Wildman–Crippen MR) is 71.5 cm³/mol. The molecule has 1 aromatic rings. The molecule has 1 aliphatic rings. The summed E-state index contributed by atoms with van der Waals surface area (Å²) >= 11 is 0. The second-order valence-electron chi connectivity index (χ2n) is 5.97. The third-order valence-corrected chi connectivity index (χ3v) is 2.98. The van der Waals surface area contributed by atoms with Crippen LogP contribution in [0, 0.1) is 0 Å². The maximum absolute atomic E-state index is 12.3. The van der Waals surface area contributed by atoms with Gasteiger partial charge in [-0.3, -0.25) is 4.79 Å². The Bertz CT molecular complexity index is 480. The highest BCUT2D eigenvalue weighted by molar-refractivity contribution is 5.99. The first-order valence-electron chi connectivity index (χ1n) is 6.39. The first-order valence-corrected chi connectivity index (χ1v) is 6.39. The standard InChI is InChI=1S/C15H19NO3/c1-14(2,3)19-13(18)15(10-12(17)16-15)9-11-7-5-4-6-8-11/h4-8H,9-10H2,1-3H3,(H,16,17). The molecule has 1 N–H and O–H groups in total. The molecule has 1 unspecified atom stereocenters. The van der Waals surface area contributed by atoms with Crippen LogP contribution in [0.4, 0.5) is 0 Å². The van der Waals surface area contributed by atoms with Gasteiger partial charge in [-0.1, -0.05) is 30.3 Å². The van der Waals surface area contributed by atoms with Crippen LogP contribution in [-0.4, -0.2) is 23.0 Å². The highest BCUT2D eigenvalue weighted by Crippen LogP contribution is 2.28. The van der Waals surface area contributed by atoms with Gasteiger partial charge in [0.05, 0.1) is 6.42 Å². The molecule has 2 rings (SSSR count). The van der Waals surface area contributed by atoms with E-state index in [4.69, 9.17) is 4.74 Å². The molecule has 4 nitrogen and oxygen atoms in total. The van der Waals surface area contributed by atoms with Crippen molar-refractivity contribution < 1.29 is 14.3 Å². The molecule has 1 saturated heterocycles. The number of esters is 1. The largest absolute Gasteiger partial charge is 0.458 e. The quantitative estimate of drug-likeness (QED) is 0.667. The fraction of sp³-hybridized carbons (Fsp3) is 0.467. The molecule has 0 spiro atoms. The molecule has 0 bridgehead atoms. The number of carbonyl (C=O) groups is 2. The number of benzene rings is 1. The number of ether oxygens (including phenoxy) is 1. The van der Waals surface area contributed by atoms with Crippen molar-refractivity contribution in [3.63, 3.8) is 0 Å². The summed E-state index contributed by atoms with van der Waals surface area (Å²) in [7, 11) is 0. The summed E-state index contributed by atoms with van der Waals surface area (Å²) in [6.45, 7) is 5.46. The van der Waals surface area contributed by atoms with Gasteiger partial charge >= 0.3 is 5.97 Å². The lowest BCUT2D eigenvalue weighted by Gasteiger charge is -2.41. The van der Waals surface area contributed by atoms with Crippen LogP contribution in [0.5, 0.6) is 0 Å². The molecule has 0 saturated carbocycles. The van der Waals surface area contributed by atoms with E-state index < -0.39 is 11.1 Å². The molecule has 0 radical (unpaired) electrons. The minimum absolute atomic E-state index is 0.109. The van der Waals surface area contributed by atoms with E-state index in [1.54, 1.807) is 0 Å². The Balaban J connectivity index is 2.15. The Labute approximate surface area is 113 Å². The highest BCUT2D eigenvalue weighted by Gasteiger charge is 2.51. The van der Waals surface area contributed by atoms with E-state index in [0.717, 1.165) is 5.56 Å². The lowest BCUT2D eigenvalue weighted by molar-refractivity contribution is -0.171. The monoisotopic (exact) mass is 261 g/mol. The average molecular weight is 261 g/mol. The Morgan fingerprint density at radius 3 is 2.37 bits per heavy atom. The molecule has 0 aromatic heterocycles. The third-order valence-electron chi connectivity index (χ3n) is 2.98. The van der Waals surface area contributed by atoms with Crippen molar-refractivity contribution in [1.82, 2.24) is 5.32 Å². The van der Waals surface area contributed by atoms with Crippen molar-refractivity contribution in [2.24, 2.45) is 0 Å². The number of nitrogens with one attached hydrogen (secondary N) is 1. The van der Waals surface area contributed by atoms with Crippen LogP contribution in [0.25, 0.3) is 0 Å². The van der Waals surface area contributed by atoms with Gasteiger partial charge in [-0.05, 0) is 26.3 Å². The van der Waals surface area contributed by atoms with Crippen molar-refractivity contribution in [3.8, 4) is 0 Å². The lowest BCUT2D eigenvalue weighted by atomic mass is 9.81. The molecule has 19 heavy (non-hydrogen) atoms. The van der Waals surface area contributed by atoms with Gasteiger partial charge in [0.15, 0.2) is 5.54 Å². The summed E-state index contributed by atoms with van der Waals surface area (Å²) in [6, 6.07) is 9.63. The maximum Gasteiger partial charge on any atom is 0.333 e. The van der Waals surface area contributed by atoms with E-state index in [-0.39, 0.29) is 18.3 Å². The van der Waals surface area contributed by atoms with E-state index in [1.165, 1.54) is 0 Å². The zero-order chi connectivity index (χ0) is 14.1. The summed E-state index contributed by atoms with van der Waals surface area (Å²) in [5, 5.41) is 2.71. The van der Waals surface area contributed by atoms with E-state index in [9.17, 15) is 9.59 Å². The number of carbonyl (C=O) groups excluding carboxylic acids is 2. The van der Waals surface area contributed by atoms with Gasteiger partial charge in [0, 0.05) is 6.42 Å². The molecular formula is C15H19NO3. The second kappa shape index (κ2) is 4.68. The number of rotatable bonds is 3. The van der Waals surface area contributed by atoms with Gasteiger partial charge in [0.1, 0.15) is 5.60 Å². The molecule has 1 heterocycles. The summed E-state index contributed by atoms with van der Waals surface area (Å²) in [5.41, 5.74) is -0.444. The Morgan fingerprint density at radius 1 is 1.32 bits per heavy atom. The van der Waals surface area contributed by atoms with E-state index in [2.05, 4.69) is 5.32 Å². The van der Waals surface area contributed by atoms with E-state index in [1.807, 2.05) is 51.1 Å². The van der Waals surface area contributed by atoms with Gasteiger partial charge in [0.2, 0.25) is 5.91 Å². The van der Waals surface area contributed by atoms with E-state index in [0.29, 0.717) is 6.42 Å². The Kier molecular flexibility index (Phi) is 3.35. The van der Waals surface area contributed by atoms with Gasteiger partial charge in [-0.2, -0.15) is 0 Å². The van der Waals surface area contributed by atoms with Crippen molar-refractivity contribution >= 4 is 11.9 Å². The Hall–Kier alpha value is -1.84. The number of hydrogen-bond donors (Lipinski definition) is 1. The molecule has 1 atom stereocenters. The van der Waals surface area contributed by atoms with Crippen LogP contribution in [0.1, 0.15) is 32.8 Å². The van der Waals surface area contributed by atoms with Crippen molar-refractivity contribution in [2.45, 2.75) is 44.8 Å². The van der Waals surface area contributed by atoms with Crippen molar-refractivity contribution in [1.29, 1.82) is 0 Å². The minimum atomic E-state index is -0.897. The first kappa shape index (κ1) is 13.6. The maximum atomic E-state index is 12.3. The van der Waals surface area contributed by atoms with Gasteiger partial charge < -0.3 is 10.1 Å². The lowest BCUT2D eigenvalue weighted by Crippen LogP contribution is -2.68. The molecule has 4 heteroatoms. The summed E-state index contributed by atoms with van der Waals surface area (Å²) in [4.78, 5) is 23.5. The first-order chi connectivity index (χ1) is 8.81. The van der Waals surface area contributed by atoms with Crippen molar-refractivity contribution in [2.75, 3.05) is 0 Å². The zero-order valence-electron chi connectivity index (χ0n) is 11.5. The predicted octanol–water partition coefficient (Wildman–Crippen LogP) is 1.83. The topological polar surface area (TPSA) is 55.4 Å². The second-order valence-corrected chi connectivity index (χ2v) is 5.97. The molecule has 1 amide bonds. The van der Waals surface area contributed by atoms with Gasteiger partial charge in [0.25, 0.3) is 0 Å². The molecule has 1 fully saturated rings. The molecule has 102 valence electrons. The normalized spacial score (nSPS) is 22.4. The summed E-state index contributed by atoms with van der Waals surface area (Å²) in [6.07, 6.45) is 0.658. The number of hydrogen-bond acceptors (Lipinski definition) is 3. The Morgan fingerprint density at radius 2 is 1.89 bits per heavy atom. The van der Waals surface area contributed by atoms with Crippen LogP contribution in [0.3, 0.4) is 0 Å². The van der Waals surface area contributed by atoms with Crippen LogP contribution in [-0.2, 0) is 20.7 Å². The van der Waals surface area contributed by atoms with Crippen LogP contribution < -0.4 is 5.32 Å². The molecule has 1 aromatic carbocycles. The number of amides is 1. The van der Waals surface area contributed by atoms with Crippen LogP contribution in [0.2, 0.25) is 0 Å².